The molecule has 1 amide bonds. The van der Waals surface area contributed by atoms with Crippen LogP contribution in [0.15, 0.2) is 28.7 Å². The minimum atomic E-state index is -0.0337. The first-order valence-electron chi connectivity index (χ1n) is 6.50. The summed E-state index contributed by atoms with van der Waals surface area (Å²) in [6, 6.07) is 7.64. The molecule has 0 saturated carbocycles. The monoisotopic (exact) mass is 245 g/mol. The molecule has 0 aliphatic rings. The normalized spacial score (nSPS) is 10.8. The van der Waals surface area contributed by atoms with E-state index in [2.05, 4.69) is 12.2 Å². The number of hydrogen-bond donors (Lipinski definition) is 1. The molecule has 1 heterocycles. The molecule has 1 aromatic carbocycles. The van der Waals surface area contributed by atoms with E-state index in [0.717, 1.165) is 36.8 Å². The van der Waals surface area contributed by atoms with Crippen molar-refractivity contribution in [2.75, 3.05) is 6.54 Å². The van der Waals surface area contributed by atoms with Gasteiger partial charge in [-0.25, -0.2) is 0 Å². The maximum atomic E-state index is 12.1. The van der Waals surface area contributed by atoms with Gasteiger partial charge >= 0.3 is 0 Å². The number of hydrogen-bond acceptors (Lipinski definition) is 2. The van der Waals surface area contributed by atoms with Gasteiger partial charge in [-0.3, -0.25) is 4.79 Å². The van der Waals surface area contributed by atoms with Gasteiger partial charge in [0.25, 0.3) is 5.91 Å². The summed E-state index contributed by atoms with van der Waals surface area (Å²) in [5.41, 5.74) is 1.44. The summed E-state index contributed by atoms with van der Waals surface area (Å²) in [6.07, 6.45) is 3.33. The van der Waals surface area contributed by atoms with E-state index in [1.165, 1.54) is 0 Å². The van der Waals surface area contributed by atoms with Gasteiger partial charge in [-0.2, -0.15) is 0 Å². The number of nitrogens with one attached hydrogen (secondary N) is 1. The standard InChI is InChI=1S/C15H19NO2/c1-3-4-7-10-16-15(17)14-11(2)18-13-9-6-5-8-12(13)14/h5-6,8-9H,3-4,7,10H2,1-2H3,(H,16,17). The second-order valence-corrected chi connectivity index (χ2v) is 4.49. The predicted octanol–water partition coefficient (Wildman–Crippen LogP) is 3.66. The fourth-order valence-electron chi connectivity index (χ4n) is 2.12. The Labute approximate surface area is 107 Å². The van der Waals surface area contributed by atoms with E-state index in [1.807, 2.05) is 31.2 Å². The van der Waals surface area contributed by atoms with Crippen LogP contribution >= 0.6 is 0 Å². The average Bonchev–Trinajstić information content (AvgIpc) is 2.70. The Morgan fingerprint density at radius 3 is 2.83 bits per heavy atom. The number of benzene rings is 1. The van der Waals surface area contributed by atoms with Crippen LogP contribution in [0.2, 0.25) is 0 Å². The largest absolute Gasteiger partial charge is 0.461 e. The van der Waals surface area contributed by atoms with E-state index in [-0.39, 0.29) is 5.91 Å². The van der Waals surface area contributed by atoms with Crippen LogP contribution in [0, 0.1) is 6.92 Å². The minimum absolute atomic E-state index is 0.0337. The number of amides is 1. The number of carbonyl (C=O) groups is 1. The fourth-order valence-corrected chi connectivity index (χ4v) is 2.12. The number of fused-ring (bicyclic) bond motifs is 1. The van der Waals surface area contributed by atoms with Crippen molar-refractivity contribution in [3.63, 3.8) is 0 Å². The van der Waals surface area contributed by atoms with Crippen molar-refractivity contribution in [1.29, 1.82) is 0 Å². The van der Waals surface area contributed by atoms with Crippen LogP contribution in [0.25, 0.3) is 11.0 Å². The summed E-state index contributed by atoms with van der Waals surface area (Å²) < 4.78 is 5.59. The molecule has 0 aliphatic carbocycles. The highest BCUT2D eigenvalue weighted by molar-refractivity contribution is 6.07. The summed E-state index contributed by atoms with van der Waals surface area (Å²) in [4.78, 5) is 12.1. The van der Waals surface area contributed by atoms with Crippen LogP contribution < -0.4 is 5.32 Å². The molecule has 0 atom stereocenters. The van der Waals surface area contributed by atoms with E-state index >= 15 is 0 Å². The molecular formula is C15H19NO2. The molecule has 0 aliphatic heterocycles. The van der Waals surface area contributed by atoms with Gasteiger partial charge in [-0.15, -0.1) is 0 Å². The zero-order valence-electron chi connectivity index (χ0n) is 11.0. The highest BCUT2D eigenvalue weighted by Crippen LogP contribution is 2.24. The molecule has 0 saturated heterocycles. The molecule has 0 radical (unpaired) electrons. The number of carbonyl (C=O) groups excluding carboxylic acids is 1. The third-order valence-electron chi connectivity index (χ3n) is 3.06. The molecule has 0 bridgehead atoms. The highest BCUT2D eigenvalue weighted by Gasteiger charge is 2.16. The second-order valence-electron chi connectivity index (χ2n) is 4.49. The smallest absolute Gasteiger partial charge is 0.255 e. The van der Waals surface area contributed by atoms with Gasteiger partial charge in [0.1, 0.15) is 11.3 Å². The molecule has 2 aromatic rings. The number of rotatable bonds is 5. The van der Waals surface area contributed by atoms with E-state index in [4.69, 9.17) is 4.42 Å². The highest BCUT2D eigenvalue weighted by atomic mass is 16.3. The molecule has 18 heavy (non-hydrogen) atoms. The molecule has 3 heteroatoms. The average molecular weight is 245 g/mol. The van der Waals surface area contributed by atoms with Crippen molar-refractivity contribution in [1.82, 2.24) is 5.32 Å². The first-order chi connectivity index (χ1) is 8.74. The Morgan fingerprint density at radius 1 is 1.28 bits per heavy atom. The molecule has 3 nitrogen and oxygen atoms in total. The molecule has 0 spiro atoms. The Bertz CT molecular complexity index is 542. The van der Waals surface area contributed by atoms with Crippen molar-refractivity contribution < 1.29 is 9.21 Å². The van der Waals surface area contributed by atoms with Crippen LogP contribution in [0.1, 0.15) is 42.3 Å². The quantitative estimate of drug-likeness (QED) is 0.817. The number of aryl methyl sites for hydroxylation is 1. The fraction of sp³-hybridized carbons (Fsp3) is 0.400. The van der Waals surface area contributed by atoms with Crippen molar-refractivity contribution >= 4 is 16.9 Å². The third-order valence-corrected chi connectivity index (χ3v) is 3.06. The summed E-state index contributed by atoms with van der Waals surface area (Å²) in [7, 11) is 0. The Balaban J connectivity index is 2.14. The summed E-state index contributed by atoms with van der Waals surface area (Å²) in [5.74, 6) is 0.651. The second kappa shape index (κ2) is 5.71. The third kappa shape index (κ3) is 2.55. The van der Waals surface area contributed by atoms with Crippen molar-refractivity contribution in [2.45, 2.75) is 33.1 Å². The lowest BCUT2D eigenvalue weighted by atomic mass is 10.1. The first kappa shape index (κ1) is 12.7. The summed E-state index contributed by atoms with van der Waals surface area (Å²) in [5, 5.41) is 3.85. The predicted molar refractivity (Wildman–Crippen MR) is 72.8 cm³/mol. The summed E-state index contributed by atoms with van der Waals surface area (Å²) in [6.45, 7) is 4.71. The zero-order valence-corrected chi connectivity index (χ0v) is 11.0. The zero-order chi connectivity index (χ0) is 13.0. The van der Waals surface area contributed by atoms with Gasteiger partial charge in [0.15, 0.2) is 0 Å². The van der Waals surface area contributed by atoms with E-state index < -0.39 is 0 Å². The molecule has 1 aromatic heterocycles. The maximum Gasteiger partial charge on any atom is 0.255 e. The van der Waals surface area contributed by atoms with E-state index in [0.29, 0.717) is 11.3 Å². The lowest BCUT2D eigenvalue weighted by Gasteiger charge is -2.03. The molecule has 0 fully saturated rings. The van der Waals surface area contributed by atoms with Gasteiger partial charge in [0.05, 0.1) is 5.56 Å². The summed E-state index contributed by atoms with van der Waals surface area (Å²) >= 11 is 0. The van der Waals surface area contributed by atoms with Crippen molar-refractivity contribution in [3.8, 4) is 0 Å². The Kier molecular flexibility index (Phi) is 4.03. The molecular weight excluding hydrogens is 226 g/mol. The SMILES string of the molecule is CCCCCNC(=O)c1c(C)oc2ccccc12. The molecule has 96 valence electrons. The number of unbranched alkanes of at least 4 members (excludes halogenated alkanes) is 2. The number of furan rings is 1. The van der Waals surface area contributed by atoms with Gasteiger partial charge < -0.3 is 9.73 Å². The Hall–Kier alpha value is -1.77. The van der Waals surface area contributed by atoms with Crippen LogP contribution in [-0.2, 0) is 0 Å². The molecule has 2 rings (SSSR count). The Morgan fingerprint density at radius 2 is 2.06 bits per heavy atom. The van der Waals surface area contributed by atoms with Gasteiger partial charge in [0.2, 0.25) is 0 Å². The van der Waals surface area contributed by atoms with Gasteiger partial charge in [-0.1, -0.05) is 38.0 Å². The minimum Gasteiger partial charge on any atom is -0.461 e. The maximum absolute atomic E-state index is 12.1. The van der Waals surface area contributed by atoms with Crippen LogP contribution in [-0.4, -0.2) is 12.5 Å². The topological polar surface area (TPSA) is 42.2 Å². The number of para-hydroxylation sites is 1. The van der Waals surface area contributed by atoms with Crippen LogP contribution in [0.3, 0.4) is 0 Å². The molecule has 1 N–H and O–H groups in total. The first-order valence-corrected chi connectivity index (χ1v) is 6.50. The van der Waals surface area contributed by atoms with Gasteiger partial charge in [0, 0.05) is 11.9 Å². The van der Waals surface area contributed by atoms with Crippen LogP contribution in [0.5, 0.6) is 0 Å². The van der Waals surface area contributed by atoms with Gasteiger partial charge in [-0.05, 0) is 19.4 Å². The van der Waals surface area contributed by atoms with Crippen LogP contribution in [0.4, 0.5) is 0 Å². The van der Waals surface area contributed by atoms with E-state index in [9.17, 15) is 4.79 Å². The lowest BCUT2D eigenvalue weighted by Crippen LogP contribution is -2.24. The lowest BCUT2D eigenvalue weighted by molar-refractivity contribution is 0.0953. The molecule has 0 unspecified atom stereocenters. The van der Waals surface area contributed by atoms with E-state index in [1.54, 1.807) is 0 Å². The van der Waals surface area contributed by atoms with Crippen molar-refractivity contribution in [3.05, 3.63) is 35.6 Å². The van der Waals surface area contributed by atoms with Crippen molar-refractivity contribution in [2.24, 2.45) is 0 Å².